The number of hydrogen-bond acceptors (Lipinski definition) is 3. The summed E-state index contributed by atoms with van der Waals surface area (Å²) in [5.74, 6) is 0. The van der Waals surface area contributed by atoms with Crippen molar-refractivity contribution in [1.82, 2.24) is 4.31 Å². The second kappa shape index (κ2) is 6.50. The highest BCUT2D eigenvalue weighted by Gasteiger charge is 2.26. The lowest BCUT2D eigenvalue weighted by molar-refractivity contribution is 0.354. The Morgan fingerprint density at radius 3 is 2.37 bits per heavy atom. The Hall–Kier alpha value is -0.910. The number of aryl methyl sites for hydroxylation is 1. The third-order valence-electron chi connectivity index (χ3n) is 3.16. The molecule has 0 aliphatic carbocycles. The molecule has 2 N–H and O–H groups in total. The minimum Gasteiger partial charge on any atom is -0.326 e. The fourth-order valence-corrected chi connectivity index (χ4v) is 3.88. The molecule has 0 saturated carbocycles. The molecule has 0 spiro atoms. The van der Waals surface area contributed by atoms with Crippen LogP contribution in [0.1, 0.15) is 38.3 Å². The Morgan fingerprint density at radius 1 is 1.32 bits per heavy atom. The smallest absolute Gasteiger partial charge is 0.243 e. The maximum absolute atomic E-state index is 12.6. The van der Waals surface area contributed by atoms with E-state index in [4.69, 9.17) is 5.73 Å². The van der Waals surface area contributed by atoms with Crippen LogP contribution in [0.2, 0.25) is 0 Å². The zero-order chi connectivity index (χ0) is 14.6. The number of hydrogen-bond donors (Lipinski definition) is 1. The molecule has 1 aromatic rings. The Labute approximate surface area is 116 Å². The topological polar surface area (TPSA) is 63.4 Å². The Kier molecular flexibility index (Phi) is 5.52. The van der Waals surface area contributed by atoms with Crippen LogP contribution in [0.25, 0.3) is 0 Å². The van der Waals surface area contributed by atoms with Crippen molar-refractivity contribution in [3.05, 3.63) is 29.3 Å². The van der Waals surface area contributed by atoms with Crippen molar-refractivity contribution in [2.45, 2.75) is 51.6 Å². The number of rotatable bonds is 6. The first-order valence-electron chi connectivity index (χ1n) is 6.66. The number of benzene rings is 1. The lowest BCUT2D eigenvalue weighted by Crippen LogP contribution is -2.37. The molecule has 0 atom stereocenters. The van der Waals surface area contributed by atoms with E-state index in [0.29, 0.717) is 18.0 Å². The lowest BCUT2D eigenvalue weighted by atomic mass is 10.1. The second-order valence-corrected chi connectivity index (χ2v) is 6.89. The van der Waals surface area contributed by atoms with Gasteiger partial charge in [-0.15, -0.1) is 0 Å². The van der Waals surface area contributed by atoms with E-state index < -0.39 is 10.0 Å². The summed E-state index contributed by atoms with van der Waals surface area (Å²) >= 11 is 0. The van der Waals surface area contributed by atoms with Gasteiger partial charge in [0.25, 0.3) is 0 Å². The van der Waals surface area contributed by atoms with Crippen LogP contribution in [0.4, 0.5) is 0 Å². The maximum Gasteiger partial charge on any atom is 0.243 e. The fourth-order valence-electron chi connectivity index (χ4n) is 2.07. The van der Waals surface area contributed by atoms with E-state index in [1.54, 1.807) is 22.5 Å². The number of nitrogens with two attached hydrogens (primary N) is 1. The van der Waals surface area contributed by atoms with Gasteiger partial charge in [-0.2, -0.15) is 4.31 Å². The average molecular weight is 284 g/mol. The van der Waals surface area contributed by atoms with Crippen molar-refractivity contribution < 1.29 is 8.42 Å². The molecular weight excluding hydrogens is 260 g/mol. The van der Waals surface area contributed by atoms with Crippen molar-refractivity contribution in [3.8, 4) is 0 Å². The van der Waals surface area contributed by atoms with Crippen LogP contribution in [0.15, 0.2) is 23.1 Å². The Bertz CT molecular complexity index is 524. The molecule has 0 aliphatic heterocycles. The molecule has 0 fully saturated rings. The van der Waals surface area contributed by atoms with Crippen molar-refractivity contribution in [3.63, 3.8) is 0 Å². The highest BCUT2D eigenvalue weighted by Crippen LogP contribution is 2.21. The summed E-state index contributed by atoms with van der Waals surface area (Å²) < 4.78 is 26.8. The van der Waals surface area contributed by atoms with Gasteiger partial charge in [0.2, 0.25) is 10.0 Å². The standard InChI is InChI=1S/C14H24N2O2S/c1-5-8-16(11(2)3)19(17,18)14-7-6-13(10-15)12(4)9-14/h6-7,9,11H,5,8,10,15H2,1-4H3. The molecule has 0 radical (unpaired) electrons. The molecule has 0 amide bonds. The van der Waals surface area contributed by atoms with Crippen molar-refractivity contribution in [1.29, 1.82) is 0 Å². The molecule has 1 aromatic carbocycles. The van der Waals surface area contributed by atoms with Gasteiger partial charge in [0.15, 0.2) is 0 Å². The minimum atomic E-state index is -3.42. The first kappa shape index (κ1) is 16.1. The fraction of sp³-hybridized carbons (Fsp3) is 0.571. The van der Waals surface area contributed by atoms with Gasteiger partial charge in [0, 0.05) is 19.1 Å². The van der Waals surface area contributed by atoms with Crippen LogP contribution in [-0.4, -0.2) is 25.3 Å². The lowest BCUT2D eigenvalue weighted by Gasteiger charge is -2.25. The van der Waals surface area contributed by atoms with Crippen LogP contribution in [0, 0.1) is 6.92 Å². The Balaban J connectivity index is 3.22. The molecule has 0 aliphatic rings. The molecule has 0 heterocycles. The molecule has 108 valence electrons. The predicted octanol–water partition coefficient (Wildman–Crippen LogP) is 2.26. The van der Waals surface area contributed by atoms with Gasteiger partial charge in [-0.25, -0.2) is 8.42 Å². The predicted molar refractivity (Wildman–Crippen MR) is 78.4 cm³/mol. The van der Waals surface area contributed by atoms with Gasteiger partial charge >= 0.3 is 0 Å². The molecule has 19 heavy (non-hydrogen) atoms. The van der Waals surface area contributed by atoms with E-state index in [1.807, 2.05) is 27.7 Å². The first-order valence-corrected chi connectivity index (χ1v) is 8.10. The summed E-state index contributed by atoms with van der Waals surface area (Å²) in [4.78, 5) is 0.351. The molecular formula is C14H24N2O2S. The largest absolute Gasteiger partial charge is 0.326 e. The van der Waals surface area contributed by atoms with Crippen LogP contribution in [0.3, 0.4) is 0 Å². The first-order chi connectivity index (χ1) is 8.84. The maximum atomic E-state index is 12.6. The van der Waals surface area contributed by atoms with Crippen LogP contribution in [-0.2, 0) is 16.6 Å². The zero-order valence-electron chi connectivity index (χ0n) is 12.2. The Morgan fingerprint density at radius 2 is 1.95 bits per heavy atom. The van der Waals surface area contributed by atoms with Gasteiger partial charge in [-0.05, 0) is 50.5 Å². The molecule has 1 rings (SSSR count). The molecule has 0 saturated heterocycles. The quantitative estimate of drug-likeness (QED) is 0.871. The molecule has 0 aromatic heterocycles. The molecule has 5 heteroatoms. The van der Waals surface area contributed by atoms with Crippen LogP contribution < -0.4 is 5.73 Å². The second-order valence-electron chi connectivity index (χ2n) is 5.00. The van der Waals surface area contributed by atoms with Gasteiger partial charge in [-0.1, -0.05) is 13.0 Å². The third kappa shape index (κ3) is 3.55. The summed E-state index contributed by atoms with van der Waals surface area (Å²) in [6.45, 7) is 8.63. The highest BCUT2D eigenvalue weighted by atomic mass is 32.2. The van der Waals surface area contributed by atoms with Crippen molar-refractivity contribution in [2.75, 3.05) is 6.54 Å². The van der Waals surface area contributed by atoms with Gasteiger partial charge in [-0.3, -0.25) is 0 Å². The average Bonchev–Trinajstić information content (AvgIpc) is 2.35. The van der Waals surface area contributed by atoms with Crippen LogP contribution >= 0.6 is 0 Å². The number of nitrogens with zero attached hydrogens (tertiary/aromatic N) is 1. The highest BCUT2D eigenvalue weighted by molar-refractivity contribution is 7.89. The minimum absolute atomic E-state index is 0.0422. The van der Waals surface area contributed by atoms with E-state index >= 15 is 0 Å². The summed E-state index contributed by atoms with van der Waals surface area (Å²) in [7, 11) is -3.42. The van der Waals surface area contributed by atoms with E-state index in [2.05, 4.69) is 0 Å². The normalized spacial score (nSPS) is 12.4. The third-order valence-corrected chi connectivity index (χ3v) is 5.23. The molecule has 0 unspecified atom stereocenters. The van der Waals surface area contributed by atoms with E-state index in [0.717, 1.165) is 17.5 Å². The van der Waals surface area contributed by atoms with Crippen LogP contribution in [0.5, 0.6) is 0 Å². The van der Waals surface area contributed by atoms with E-state index in [9.17, 15) is 8.42 Å². The van der Waals surface area contributed by atoms with Gasteiger partial charge in [0.05, 0.1) is 4.90 Å². The van der Waals surface area contributed by atoms with Crippen molar-refractivity contribution in [2.24, 2.45) is 5.73 Å². The SMILES string of the molecule is CCCN(C(C)C)S(=O)(=O)c1ccc(CN)c(C)c1. The molecule has 0 bridgehead atoms. The van der Waals surface area contributed by atoms with Gasteiger partial charge < -0.3 is 5.73 Å². The summed E-state index contributed by atoms with van der Waals surface area (Å²) in [5.41, 5.74) is 7.50. The zero-order valence-corrected chi connectivity index (χ0v) is 13.0. The van der Waals surface area contributed by atoms with E-state index in [-0.39, 0.29) is 6.04 Å². The monoisotopic (exact) mass is 284 g/mol. The molecule has 4 nitrogen and oxygen atoms in total. The number of sulfonamides is 1. The summed E-state index contributed by atoms with van der Waals surface area (Å²) in [6.07, 6.45) is 0.803. The van der Waals surface area contributed by atoms with Crippen molar-refractivity contribution >= 4 is 10.0 Å². The van der Waals surface area contributed by atoms with E-state index in [1.165, 1.54) is 0 Å². The van der Waals surface area contributed by atoms with Gasteiger partial charge in [0.1, 0.15) is 0 Å². The summed E-state index contributed by atoms with van der Waals surface area (Å²) in [6, 6.07) is 5.12. The summed E-state index contributed by atoms with van der Waals surface area (Å²) in [5, 5.41) is 0.